The quantitative estimate of drug-likeness (QED) is 0.841. The fourth-order valence-electron chi connectivity index (χ4n) is 0.986. The van der Waals surface area contributed by atoms with Crippen molar-refractivity contribution in [2.75, 3.05) is 5.32 Å². The van der Waals surface area contributed by atoms with Gasteiger partial charge in [-0.2, -0.15) is 0 Å². The number of carbonyl (C=O) groups is 2. The molecule has 2 amide bonds. The van der Waals surface area contributed by atoms with Crippen LogP contribution in [0.1, 0.15) is 37.7 Å². The molecule has 1 unspecified atom stereocenters. The summed E-state index contributed by atoms with van der Waals surface area (Å²) in [6, 6.07) is 0.124. The Bertz CT molecular complexity index is 389. The van der Waals surface area contributed by atoms with Crippen LogP contribution in [0, 0.1) is 0 Å². The Morgan fingerprint density at radius 1 is 1.56 bits per heavy atom. The molecule has 0 bridgehead atoms. The van der Waals surface area contributed by atoms with Gasteiger partial charge in [-0.15, -0.1) is 11.3 Å². The van der Waals surface area contributed by atoms with E-state index in [1.807, 2.05) is 13.8 Å². The van der Waals surface area contributed by atoms with E-state index >= 15 is 0 Å². The van der Waals surface area contributed by atoms with Gasteiger partial charge in [-0.3, -0.25) is 9.59 Å². The van der Waals surface area contributed by atoms with Crippen LogP contribution in [-0.4, -0.2) is 22.8 Å². The van der Waals surface area contributed by atoms with Crippen LogP contribution in [0.25, 0.3) is 0 Å². The summed E-state index contributed by atoms with van der Waals surface area (Å²) in [4.78, 5) is 26.4. The fourth-order valence-corrected chi connectivity index (χ4v) is 1.72. The third-order valence-corrected chi connectivity index (χ3v) is 2.77. The molecule has 0 saturated heterocycles. The van der Waals surface area contributed by atoms with Crippen LogP contribution >= 0.6 is 11.3 Å². The molecule has 1 rings (SSSR count). The van der Waals surface area contributed by atoms with E-state index in [0.29, 0.717) is 10.8 Å². The lowest BCUT2D eigenvalue weighted by Crippen LogP contribution is -2.32. The van der Waals surface area contributed by atoms with E-state index in [0.717, 1.165) is 6.42 Å². The van der Waals surface area contributed by atoms with Crippen molar-refractivity contribution >= 4 is 28.3 Å². The van der Waals surface area contributed by atoms with Gasteiger partial charge in [0.1, 0.15) is 5.69 Å². The van der Waals surface area contributed by atoms with E-state index < -0.39 is 0 Å². The first kappa shape index (κ1) is 12.6. The maximum Gasteiger partial charge on any atom is 0.271 e. The molecule has 0 fully saturated rings. The van der Waals surface area contributed by atoms with E-state index in [4.69, 9.17) is 0 Å². The SMILES string of the molecule is CCC(C)NC(=O)c1csc(NC(C)=O)n1. The molecule has 0 saturated carbocycles. The monoisotopic (exact) mass is 241 g/mol. The van der Waals surface area contributed by atoms with Gasteiger partial charge in [0.05, 0.1) is 0 Å². The number of carbonyl (C=O) groups excluding carboxylic acids is 2. The maximum atomic E-state index is 11.6. The molecule has 0 aliphatic rings. The van der Waals surface area contributed by atoms with Gasteiger partial charge in [0, 0.05) is 18.3 Å². The molecular formula is C10H15N3O2S. The van der Waals surface area contributed by atoms with Crippen molar-refractivity contribution in [3.8, 4) is 0 Å². The van der Waals surface area contributed by atoms with Crippen molar-refractivity contribution in [2.24, 2.45) is 0 Å². The summed E-state index contributed by atoms with van der Waals surface area (Å²) in [6.45, 7) is 5.33. The zero-order chi connectivity index (χ0) is 12.1. The minimum atomic E-state index is -0.206. The van der Waals surface area contributed by atoms with Crippen LogP contribution in [0.4, 0.5) is 5.13 Å². The van der Waals surface area contributed by atoms with E-state index in [2.05, 4.69) is 15.6 Å². The third-order valence-electron chi connectivity index (χ3n) is 2.01. The lowest BCUT2D eigenvalue weighted by Gasteiger charge is -2.09. The highest BCUT2D eigenvalue weighted by atomic mass is 32.1. The lowest BCUT2D eigenvalue weighted by molar-refractivity contribution is -0.114. The van der Waals surface area contributed by atoms with E-state index in [1.54, 1.807) is 5.38 Å². The maximum absolute atomic E-state index is 11.6. The molecule has 0 aliphatic heterocycles. The van der Waals surface area contributed by atoms with Crippen LogP contribution in [0.15, 0.2) is 5.38 Å². The summed E-state index contributed by atoms with van der Waals surface area (Å²) in [6.07, 6.45) is 0.869. The van der Waals surface area contributed by atoms with Gasteiger partial charge in [0.2, 0.25) is 5.91 Å². The molecule has 0 spiro atoms. The molecule has 0 aliphatic carbocycles. The second-order valence-corrected chi connectivity index (χ2v) is 4.36. The van der Waals surface area contributed by atoms with Gasteiger partial charge < -0.3 is 10.6 Å². The predicted octanol–water partition coefficient (Wildman–Crippen LogP) is 1.63. The standard InChI is InChI=1S/C10H15N3O2S/c1-4-6(2)11-9(15)8-5-16-10(13-8)12-7(3)14/h5-6H,4H2,1-3H3,(H,11,15)(H,12,13,14). The van der Waals surface area contributed by atoms with Crippen molar-refractivity contribution in [3.63, 3.8) is 0 Å². The smallest absolute Gasteiger partial charge is 0.271 e. The largest absolute Gasteiger partial charge is 0.348 e. The van der Waals surface area contributed by atoms with Gasteiger partial charge in [-0.05, 0) is 13.3 Å². The van der Waals surface area contributed by atoms with Crippen molar-refractivity contribution in [1.29, 1.82) is 0 Å². The first-order valence-electron chi connectivity index (χ1n) is 5.07. The van der Waals surface area contributed by atoms with E-state index in [1.165, 1.54) is 18.3 Å². The number of nitrogens with one attached hydrogen (secondary N) is 2. The molecule has 2 N–H and O–H groups in total. The number of rotatable bonds is 4. The Balaban J connectivity index is 2.63. The van der Waals surface area contributed by atoms with Gasteiger partial charge in [-0.1, -0.05) is 6.92 Å². The molecule has 1 aromatic heterocycles. The van der Waals surface area contributed by atoms with Gasteiger partial charge >= 0.3 is 0 Å². The van der Waals surface area contributed by atoms with Crippen LogP contribution in [0.3, 0.4) is 0 Å². The van der Waals surface area contributed by atoms with Crippen LogP contribution in [-0.2, 0) is 4.79 Å². The summed E-state index contributed by atoms with van der Waals surface area (Å²) < 4.78 is 0. The highest BCUT2D eigenvalue weighted by Crippen LogP contribution is 2.15. The number of amides is 2. The Kier molecular flexibility index (Phi) is 4.42. The predicted molar refractivity (Wildman–Crippen MR) is 63.6 cm³/mol. The Morgan fingerprint density at radius 2 is 2.25 bits per heavy atom. The molecular weight excluding hydrogens is 226 g/mol. The average molecular weight is 241 g/mol. The fraction of sp³-hybridized carbons (Fsp3) is 0.500. The Hall–Kier alpha value is -1.43. The summed E-state index contributed by atoms with van der Waals surface area (Å²) in [7, 11) is 0. The first-order chi connectivity index (χ1) is 7.52. The highest BCUT2D eigenvalue weighted by Gasteiger charge is 2.12. The van der Waals surface area contributed by atoms with Gasteiger partial charge in [0.25, 0.3) is 5.91 Å². The van der Waals surface area contributed by atoms with E-state index in [-0.39, 0.29) is 17.9 Å². The van der Waals surface area contributed by atoms with Crippen LogP contribution < -0.4 is 10.6 Å². The number of thiazole rings is 1. The number of nitrogens with zero attached hydrogens (tertiary/aromatic N) is 1. The normalized spacial score (nSPS) is 11.9. The summed E-state index contributed by atoms with van der Waals surface area (Å²) in [5.74, 6) is -0.398. The molecule has 0 radical (unpaired) electrons. The van der Waals surface area contributed by atoms with Crippen molar-refractivity contribution < 1.29 is 9.59 Å². The summed E-state index contributed by atoms with van der Waals surface area (Å²) >= 11 is 1.24. The lowest BCUT2D eigenvalue weighted by atomic mass is 10.2. The highest BCUT2D eigenvalue weighted by molar-refractivity contribution is 7.14. The number of anilines is 1. The summed E-state index contributed by atoms with van der Waals surface area (Å²) in [5, 5.41) is 7.41. The summed E-state index contributed by atoms with van der Waals surface area (Å²) in [5.41, 5.74) is 0.342. The van der Waals surface area contributed by atoms with E-state index in [9.17, 15) is 9.59 Å². The van der Waals surface area contributed by atoms with Gasteiger partial charge in [-0.25, -0.2) is 4.98 Å². The number of hydrogen-bond donors (Lipinski definition) is 2. The second kappa shape index (κ2) is 5.60. The van der Waals surface area contributed by atoms with Crippen molar-refractivity contribution in [1.82, 2.24) is 10.3 Å². The number of aromatic nitrogens is 1. The molecule has 0 aromatic carbocycles. The molecule has 1 atom stereocenters. The molecule has 1 heterocycles. The van der Waals surface area contributed by atoms with Crippen molar-refractivity contribution in [2.45, 2.75) is 33.2 Å². The molecule has 88 valence electrons. The Labute approximate surface area is 98.3 Å². The zero-order valence-electron chi connectivity index (χ0n) is 9.53. The van der Waals surface area contributed by atoms with Gasteiger partial charge in [0.15, 0.2) is 5.13 Å². The zero-order valence-corrected chi connectivity index (χ0v) is 10.4. The molecule has 1 aromatic rings. The number of hydrogen-bond acceptors (Lipinski definition) is 4. The van der Waals surface area contributed by atoms with Crippen LogP contribution in [0.5, 0.6) is 0 Å². The average Bonchev–Trinajstić information content (AvgIpc) is 2.65. The molecule has 16 heavy (non-hydrogen) atoms. The third kappa shape index (κ3) is 3.62. The van der Waals surface area contributed by atoms with Crippen molar-refractivity contribution in [3.05, 3.63) is 11.1 Å². The topological polar surface area (TPSA) is 71.1 Å². The van der Waals surface area contributed by atoms with Crippen LogP contribution in [0.2, 0.25) is 0 Å². The minimum absolute atomic E-state index is 0.124. The minimum Gasteiger partial charge on any atom is -0.348 e. The molecule has 6 heteroatoms. The molecule has 5 nitrogen and oxygen atoms in total. The first-order valence-corrected chi connectivity index (χ1v) is 5.94. The second-order valence-electron chi connectivity index (χ2n) is 3.50. The Morgan fingerprint density at radius 3 is 2.81 bits per heavy atom.